The van der Waals surface area contributed by atoms with Crippen LogP contribution in [0.15, 0.2) is 76.8 Å². The summed E-state index contributed by atoms with van der Waals surface area (Å²) in [6.07, 6.45) is 3.85. The molecular weight excluding hydrogens is 444 g/mol. The Morgan fingerprint density at radius 1 is 1.15 bits per heavy atom. The van der Waals surface area contributed by atoms with E-state index >= 15 is 0 Å². The highest BCUT2D eigenvalue weighted by atomic mass is 32.2. The van der Waals surface area contributed by atoms with Crippen molar-refractivity contribution >= 4 is 15.8 Å². The summed E-state index contributed by atoms with van der Waals surface area (Å²) in [4.78, 5) is 15.2. The first-order valence-corrected chi connectivity index (χ1v) is 12.0. The summed E-state index contributed by atoms with van der Waals surface area (Å²) in [5, 5.41) is 22.6. The van der Waals surface area contributed by atoms with Gasteiger partial charge in [-0.25, -0.2) is 13.2 Å². The van der Waals surface area contributed by atoms with Crippen LogP contribution in [0, 0.1) is 0 Å². The zero-order valence-corrected chi connectivity index (χ0v) is 18.5. The van der Waals surface area contributed by atoms with Gasteiger partial charge in [0.1, 0.15) is 11.9 Å². The van der Waals surface area contributed by atoms with Crippen LogP contribution in [0.2, 0.25) is 0 Å². The van der Waals surface area contributed by atoms with Crippen LogP contribution in [0.5, 0.6) is 5.75 Å². The molecule has 1 aliphatic heterocycles. The Hall–Kier alpha value is -3.27. The second-order valence-electron chi connectivity index (χ2n) is 7.84. The molecule has 0 fully saturated rings. The molecule has 8 nitrogen and oxygen atoms in total. The fourth-order valence-electron chi connectivity index (χ4n) is 3.74. The molecule has 9 heteroatoms. The maximum atomic E-state index is 13.0. The van der Waals surface area contributed by atoms with Crippen LogP contribution in [0.3, 0.4) is 0 Å². The number of aryl methyl sites for hydroxylation is 1. The summed E-state index contributed by atoms with van der Waals surface area (Å²) < 4.78 is 32.0. The van der Waals surface area contributed by atoms with Crippen molar-refractivity contribution in [3.8, 4) is 5.75 Å². The lowest BCUT2D eigenvalue weighted by molar-refractivity contribution is 0.0696. The van der Waals surface area contributed by atoms with Gasteiger partial charge in [0.25, 0.3) is 0 Å². The molecule has 2 heterocycles. The largest absolute Gasteiger partial charge is 0.489 e. The summed E-state index contributed by atoms with van der Waals surface area (Å²) in [5.74, 6) is -0.558. The molecule has 33 heavy (non-hydrogen) atoms. The van der Waals surface area contributed by atoms with Crippen LogP contribution in [0.4, 0.5) is 0 Å². The highest BCUT2D eigenvalue weighted by Crippen LogP contribution is 2.32. The van der Waals surface area contributed by atoms with Gasteiger partial charge in [-0.2, -0.15) is 0 Å². The Kier molecular flexibility index (Phi) is 6.73. The van der Waals surface area contributed by atoms with Gasteiger partial charge in [-0.1, -0.05) is 12.1 Å². The summed E-state index contributed by atoms with van der Waals surface area (Å²) in [5.41, 5.74) is 1.45. The van der Waals surface area contributed by atoms with Gasteiger partial charge < -0.3 is 20.3 Å². The van der Waals surface area contributed by atoms with Crippen LogP contribution in [0.1, 0.15) is 34.0 Å². The third-order valence-electron chi connectivity index (χ3n) is 5.54. The molecule has 2 unspecified atom stereocenters. The monoisotopic (exact) mass is 468 g/mol. The zero-order chi connectivity index (χ0) is 23.4. The van der Waals surface area contributed by atoms with E-state index in [0.717, 1.165) is 17.2 Å². The predicted octanol–water partition coefficient (Wildman–Crippen LogP) is 2.63. The molecule has 3 N–H and O–H groups in total. The van der Waals surface area contributed by atoms with E-state index < -0.39 is 21.9 Å². The number of carboxylic acid groups (broad SMARTS) is 1. The number of hydrogen-bond acceptors (Lipinski definition) is 7. The maximum absolute atomic E-state index is 13.0. The number of fused-ring (bicyclic) bond motifs is 1. The molecule has 1 aliphatic rings. The first kappa shape index (κ1) is 22.9. The molecule has 0 aliphatic carbocycles. The molecule has 172 valence electrons. The summed E-state index contributed by atoms with van der Waals surface area (Å²) in [6.45, 7) is 0.907. The molecule has 2 aromatic carbocycles. The Balaban J connectivity index is 1.40. The lowest BCUT2D eigenvalue weighted by atomic mass is 10.0. The van der Waals surface area contributed by atoms with E-state index in [2.05, 4.69) is 10.3 Å². The van der Waals surface area contributed by atoms with Crippen LogP contribution in [-0.2, 0) is 16.3 Å². The third kappa shape index (κ3) is 5.22. The SMILES string of the molecule is O=C(O)c1cccc(S(=O)(=O)c2ccc3c(c2)CCC(CNCC(O)c2cccnc2)O3)c1. The molecule has 0 saturated carbocycles. The lowest BCUT2D eigenvalue weighted by Gasteiger charge is -2.27. The number of aliphatic hydroxyl groups excluding tert-OH is 1. The van der Waals surface area contributed by atoms with E-state index in [4.69, 9.17) is 9.84 Å². The fraction of sp³-hybridized carbons (Fsp3) is 0.250. The zero-order valence-electron chi connectivity index (χ0n) is 17.7. The third-order valence-corrected chi connectivity index (χ3v) is 7.29. The normalized spacial score (nSPS) is 16.5. The van der Waals surface area contributed by atoms with Crippen molar-refractivity contribution in [1.29, 1.82) is 0 Å². The Labute approximate surface area is 191 Å². The summed E-state index contributed by atoms with van der Waals surface area (Å²) in [6, 6.07) is 13.6. The summed E-state index contributed by atoms with van der Waals surface area (Å²) in [7, 11) is -3.86. The molecule has 0 spiro atoms. The Morgan fingerprint density at radius 3 is 2.73 bits per heavy atom. The van der Waals surface area contributed by atoms with Crippen molar-refractivity contribution in [2.75, 3.05) is 13.1 Å². The molecule has 0 bridgehead atoms. The van der Waals surface area contributed by atoms with Crippen molar-refractivity contribution in [2.45, 2.75) is 34.8 Å². The van der Waals surface area contributed by atoms with E-state index in [1.165, 1.54) is 24.3 Å². The Bertz CT molecular complexity index is 1250. The second kappa shape index (κ2) is 9.70. The second-order valence-corrected chi connectivity index (χ2v) is 9.79. The minimum atomic E-state index is -3.86. The van der Waals surface area contributed by atoms with Gasteiger partial charge in [0.05, 0.1) is 21.5 Å². The molecule has 0 saturated heterocycles. The lowest BCUT2D eigenvalue weighted by Crippen LogP contribution is -2.36. The number of rotatable bonds is 8. The highest BCUT2D eigenvalue weighted by molar-refractivity contribution is 7.91. The average Bonchev–Trinajstić information content (AvgIpc) is 2.84. The maximum Gasteiger partial charge on any atom is 0.335 e. The molecule has 1 aromatic heterocycles. The molecule has 4 rings (SSSR count). The summed E-state index contributed by atoms with van der Waals surface area (Å²) >= 11 is 0. The molecule has 3 aromatic rings. The van der Waals surface area contributed by atoms with Crippen molar-refractivity contribution in [2.24, 2.45) is 0 Å². The minimum Gasteiger partial charge on any atom is -0.489 e. The van der Waals surface area contributed by atoms with Crippen LogP contribution in [-0.4, -0.2) is 48.8 Å². The minimum absolute atomic E-state index is 0.0617. The first-order valence-electron chi connectivity index (χ1n) is 10.5. The van der Waals surface area contributed by atoms with Gasteiger partial charge in [0, 0.05) is 31.0 Å². The standard InChI is InChI=1S/C24H24N2O6S/c27-22(18-4-2-10-25-13-18)15-26-14-19-7-6-16-11-21(8-9-23(16)32-19)33(30,31)20-5-1-3-17(12-20)24(28)29/h1-5,8-13,19,22,26-27H,6-7,14-15H2,(H,28,29). The number of nitrogens with zero attached hydrogens (tertiary/aromatic N) is 1. The van der Waals surface area contributed by atoms with Gasteiger partial charge in [0.15, 0.2) is 0 Å². The van der Waals surface area contributed by atoms with Gasteiger partial charge in [0.2, 0.25) is 9.84 Å². The number of aliphatic hydroxyl groups is 1. The molecule has 2 atom stereocenters. The average molecular weight is 469 g/mol. The van der Waals surface area contributed by atoms with E-state index in [-0.39, 0.29) is 21.5 Å². The predicted molar refractivity (Wildman–Crippen MR) is 120 cm³/mol. The van der Waals surface area contributed by atoms with Gasteiger partial charge in [-0.3, -0.25) is 4.98 Å². The number of benzene rings is 2. The number of carboxylic acids is 1. The molecular formula is C24H24N2O6S. The van der Waals surface area contributed by atoms with E-state index in [0.29, 0.717) is 31.7 Å². The van der Waals surface area contributed by atoms with Crippen molar-refractivity contribution in [1.82, 2.24) is 10.3 Å². The highest BCUT2D eigenvalue weighted by Gasteiger charge is 2.24. The van der Waals surface area contributed by atoms with Crippen LogP contribution >= 0.6 is 0 Å². The van der Waals surface area contributed by atoms with Crippen LogP contribution in [0.25, 0.3) is 0 Å². The number of carbonyl (C=O) groups is 1. The number of pyridine rings is 1. The first-order chi connectivity index (χ1) is 15.8. The van der Waals surface area contributed by atoms with E-state index in [1.807, 2.05) is 6.07 Å². The fourth-order valence-corrected chi connectivity index (χ4v) is 5.09. The number of sulfone groups is 1. The van der Waals surface area contributed by atoms with Crippen LogP contribution < -0.4 is 10.1 Å². The van der Waals surface area contributed by atoms with Gasteiger partial charge in [-0.15, -0.1) is 0 Å². The topological polar surface area (TPSA) is 126 Å². The van der Waals surface area contributed by atoms with Crippen molar-refractivity contribution in [3.63, 3.8) is 0 Å². The van der Waals surface area contributed by atoms with Crippen molar-refractivity contribution in [3.05, 3.63) is 83.7 Å². The van der Waals surface area contributed by atoms with Gasteiger partial charge in [-0.05, 0) is 60.9 Å². The smallest absolute Gasteiger partial charge is 0.335 e. The van der Waals surface area contributed by atoms with Gasteiger partial charge >= 0.3 is 5.97 Å². The number of ether oxygens (including phenoxy) is 1. The Morgan fingerprint density at radius 2 is 1.97 bits per heavy atom. The van der Waals surface area contributed by atoms with Crippen molar-refractivity contribution < 1.29 is 28.2 Å². The number of aromatic nitrogens is 1. The number of hydrogen-bond donors (Lipinski definition) is 3. The molecule has 0 radical (unpaired) electrons. The van der Waals surface area contributed by atoms with E-state index in [9.17, 15) is 18.3 Å². The van der Waals surface area contributed by atoms with E-state index in [1.54, 1.807) is 30.6 Å². The molecule has 0 amide bonds. The quantitative estimate of drug-likeness (QED) is 0.461. The number of nitrogens with one attached hydrogen (secondary N) is 1. The number of aromatic carboxylic acids is 1.